The Morgan fingerprint density at radius 2 is 1.75 bits per heavy atom. The highest BCUT2D eigenvalue weighted by Crippen LogP contribution is 2.24. The van der Waals surface area contributed by atoms with Crippen LogP contribution in [-0.4, -0.2) is 5.91 Å². The van der Waals surface area contributed by atoms with Gasteiger partial charge >= 0.3 is 0 Å². The molecule has 3 N–H and O–H groups in total. The van der Waals surface area contributed by atoms with E-state index >= 15 is 0 Å². The molecule has 3 nitrogen and oxygen atoms in total. The van der Waals surface area contributed by atoms with Crippen molar-refractivity contribution in [2.24, 2.45) is 0 Å². The fraction of sp³-hybridized carbons (Fsp3) is 0. The number of benzene rings is 2. The number of para-hydroxylation sites is 1. The zero-order valence-electron chi connectivity index (χ0n) is 9.88. The van der Waals surface area contributed by atoms with Crippen LogP contribution in [0, 0.1) is 17.5 Å². The second-order valence-corrected chi connectivity index (χ2v) is 4.32. The van der Waals surface area contributed by atoms with Crippen molar-refractivity contribution in [1.29, 1.82) is 0 Å². The summed E-state index contributed by atoms with van der Waals surface area (Å²) in [5.74, 6) is -5.13. The maximum absolute atomic E-state index is 13.0. The standard InChI is InChI=1S/C13H8ClF3N2O/c14-8-3-1-2-7(12(8)18)13(20)19-6-4-9(15)11(17)10(16)5-6/h1-5H,18H2,(H,19,20). The molecule has 0 bridgehead atoms. The van der Waals surface area contributed by atoms with Crippen molar-refractivity contribution >= 4 is 28.9 Å². The van der Waals surface area contributed by atoms with Crippen molar-refractivity contribution in [3.05, 3.63) is 58.4 Å². The van der Waals surface area contributed by atoms with Gasteiger partial charge in [0.25, 0.3) is 5.91 Å². The number of nitrogens with one attached hydrogen (secondary N) is 1. The van der Waals surface area contributed by atoms with Gasteiger partial charge in [-0.2, -0.15) is 0 Å². The number of rotatable bonds is 2. The summed E-state index contributed by atoms with van der Waals surface area (Å²) in [7, 11) is 0. The van der Waals surface area contributed by atoms with E-state index in [1.165, 1.54) is 18.2 Å². The second kappa shape index (κ2) is 5.42. The predicted molar refractivity (Wildman–Crippen MR) is 70.1 cm³/mol. The van der Waals surface area contributed by atoms with E-state index in [2.05, 4.69) is 5.32 Å². The average Bonchev–Trinajstić information content (AvgIpc) is 2.39. The first-order valence-corrected chi connectivity index (χ1v) is 5.78. The average molecular weight is 301 g/mol. The minimum absolute atomic E-state index is 0.0368. The van der Waals surface area contributed by atoms with E-state index in [0.29, 0.717) is 12.1 Å². The van der Waals surface area contributed by atoms with Gasteiger partial charge in [-0.25, -0.2) is 13.2 Å². The molecule has 2 aromatic rings. The van der Waals surface area contributed by atoms with Gasteiger partial charge in [-0.05, 0) is 12.1 Å². The summed E-state index contributed by atoms with van der Waals surface area (Å²) in [5.41, 5.74) is 5.47. The van der Waals surface area contributed by atoms with Gasteiger partial charge in [0.05, 0.1) is 16.3 Å². The Morgan fingerprint density at radius 3 is 2.35 bits per heavy atom. The van der Waals surface area contributed by atoms with E-state index in [1.807, 2.05) is 0 Å². The molecule has 2 rings (SSSR count). The van der Waals surface area contributed by atoms with Gasteiger partial charge in [0, 0.05) is 17.8 Å². The smallest absolute Gasteiger partial charge is 0.257 e. The Balaban J connectivity index is 2.30. The lowest BCUT2D eigenvalue weighted by molar-refractivity contribution is 0.102. The summed E-state index contributed by atoms with van der Waals surface area (Å²) in [6, 6.07) is 5.71. The summed E-state index contributed by atoms with van der Waals surface area (Å²) >= 11 is 5.76. The molecule has 1 amide bonds. The van der Waals surface area contributed by atoms with Crippen LogP contribution in [0.5, 0.6) is 0 Å². The molecule has 20 heavy (non-hydrogen) atoms. The maximum Gasteiger partial charge on any atom is 0.257 e. The molecule has 7 heteroatoms. The third-order valence-electron chi connectivity index (χ3n) is 2.54. The van der Waals surface area contributed by atoms with E-state index in [4.69, 9.17) is 17.3 Å². The zero-order valence-corrected chi connectivity index (χ0v) is 10.6. The number of halogens is 4. The SMILES string of the molecule is Nc1c(Cl)cccc1C(=O)Nc1cc(F)c(F)c(F)c1. The van der Waals surface area contributed by atoms with Crippen LogP contribution in [0.25, 0.3) is 0 Å². The highest BCUT2D eigenvalue weighted by Gasteiger charge is 2.15. The second-order valence-electron chi connectivity index (χ2n) is 3.91. The molecule has 0 saturated heterocycles. The van der Waals surface area contributed by atoms with Crippen LogP contribution >= 0.6 is 11.6 Å². The van der Waals surface area contributed by atoms with Crippen molar-refractivity contribution in [2.75, 3.05) is 11.1 Å². The van der Waals surface area contributed by atoms with Crippen LogP contribution in [0.4, 0.5) is 24.5 Å². The van der Waals surface area contributed by atoms with Gasteiger partial charge in [0.1, 0.15) is 0 Å². The Morgan fingerprint density at radius 1 is 1.15 bits per heavy atom. The zero-order chi connectivity index (χ0) is 14.9. The van der Waals surface area contributed by atoms with Crippen LogP contribution < -0.4 is 11.1 Å². The molecule has 0 spiro atoms. The van der Waals surface area contributed by atoms with Crippen LogP contribution in [0.3, 0.4) is 0 Å². The summed E-state index contributed by atoms with van der Waals surface area (Å²) in [5, 5.41) is 2.39. The van der Waals surface area contributed by atoms with Gasteiger partial charge < -0.3 is 11.1 Å². The number of amides is 1. The summed E-state index contributed by atoms with van der Waals surface area (Å²) in [4.78, 5) is 11.9. The summed E-state index contributed by atoms with van der Waals surface area (Å²) in [6.45, 7) is 0. The lowest BCUT2D eigenvalue weighted by Gasteiger charge is -2.09. The fourth-order valence-corrected chi connectivity index (χ4v) is 1.74. The number of carbonyl (C=O) groups excluding carboxylic acids is 1. The molecule has 0 aliphatic rings. The van der Waals surface area contributed by atoms with Gasteiger partial charge in [-0.15, -0.1) is 0 Å². The molecular formula is C13H8ClF3N2O. The molecule has 0 aromatic heterocycles. The molecule has 0 saturated carbocycles. The first-order chi connectivity index (χ1) is 9.40. The first kappa shape index (κ1) is 14.2. The van der Waals surface area contributed by atoms with E-state index < -0.39 is 23.4 Å². The highest BCUT2D eigenvalue weighted by atomic mass is 35.5. The molecule has 0 fully saturated rings. The monoisotopic (exact) mass is 300 g/mol. The predicted octanol–water partition coefficient (Wildman–Crippen LogP) is 3.59. The molecule has 0 aliphatic carbocycles. The number of carbonyl (C=O) groups is 1. The molecular weight excluding hydrogens is 293 g/mol. The van der Waals surface area contributed by atoms with Gasteiger partial charge in [0.15, 0.2) is 17.5 Å². The van der Waals surface area contributed by atoms with Crippen LogP contribution in [-0.2, 0) is 0 Å². The van der Waals surface area contributed by atoms with Crippen LogP contribution in [0.1, 0.15) is 10.4 Å². The molecule has 0 radical (unpaired) electrons. The van der Waals surface area contributed by atoms with Crippen molar-refractivity contribution < 1.29 is 18.0 Å². The maximum atomic E-state index is 13.0. The topological polar surface area (TPSA) is 55.1 Å². The van der Waals surface area contributed by atoms with Gasteiger partial charge in [-0.1, -0.05) is 17.7 Å². The third kappa shape index (κ3) is 2.70. The minimum atomic E-state index is -1.61. The Labute approximate surface area is 117 Å². The summed E-state index contributed by atoms with van der Waals surface area (Å²) < 4.78 is 38.8. The Kier molecular flexibility index (Phi) is 3.85. The quantitative estimate of drug-likeness (QED) is 0.658. The van der Waals surface area contributed by atoms with Crippen LogP contribution in [0.15, 0.2) is 30.3 Å². The normalized spacial score (nSPS) is 10.4. The van der Waals surface area contributed by atoms with E-state index in [1.54, 1.807) is 0 Å². The largest absolute Gasteiger partial charge is 0.397 e. The number of nitrogens with two attached hydrogens (primary N) is 1. The van der Waals surface area contributed by atoms with E-state index in [-0.39, 0.29) is 22.0 Å². The van der Waals surface area contributed by atoms with Crippen molar-refractivity contribution in [2.45, 2.75) is 0 Å². The lowest BCUT2D eigenvalue weighted by atomic mass is 10.1. The van der Waals surface area contributed by atoms with Crippen molar-refractivity contribution in [3.63, 3.8) is 0 Å². The molecule has 2 aromatic carbocycles. The fourth-order valence-electron chi connectivity index (χ4n) is 1.56. The van der Waals surface area contributed by atoms with E-state index in [0.717, 1.165) is 0 Å². The number of nitrogen functional groups attached to an aromatic ring is 1. The number of hydrogen-bond donors (Lipinski definition) is 2. The Bertz CT molecular complexity index is 668. The van der Waals surface area contributed by atoms with Gasteiger partial charge in [-0.3, -0.25) is 4.79 Å². The highest BCUT2D eigenvalue weighted by molar-refractivity contribution is 6.34. The van der Waals surface area contributed by atoms with Crippen molar-refractivity contribution in [3.8, 4) is 0 Å². The Hall–Kier alpha value is -2.21. The van der Waals surface area contributed by atoms with Crippen molar-refractivity contribution in [1.82, 2.24) is 0 Å². The summed E-state index contributed by atoms with van der Waals surface area (Å²) in [6.07, 6.45) is 0. The van der Waals surface area contributed by atoms with Crippen LogP contribution in [0.2, 0.25) is 5.02 Å². The number of anilines is 2. The lowest BCUT2D eigenvalue weighted by Crippen LogP contribution is -2.14. The molecule has 0 unspecified atom stereocenters. The molecule has 104 valence electrons. The van der Waals surface area contributed by atoms with E-state index in [9.17, 15) is 18.0 Å². The van der Waals surface area contributed by atoms with Gasteiger partial charge in [0.2, 0.25) is 0 Å². The minimum Gasteiger partial charge on any atom is -0.397 e. The first-order valence-electron chi connectivity index (χ1n) is 5.40. The molecule has 0 heterocycles. The third-order valence-corrected chi connectivity index (χ3v) is 2.87. The molecule has 0 aliphatic heterocycles. The number of hydrogen-bond acceptors (Lipinski definition) is 2. The molecule has 0 atom stereocenters.